The molecule has 0 radical (unpaired) electrons. The van der Waals surface area contributed by atoms with Crippen LogP contribution in [0.5, 0.6) is 0 Å². The van der Waals surface area contributed by atoms with Crippen LogP contribution < -0.4 is 5.32 Å². The Morgan fingerprint density at radius 2 is 1.51 bits per heavy atom. The summed E-state index contributed by atoms with van der Waals surface area (Å²) in [5, 5.41) is 14.2. The van der Waals surface area contributed by atoms with Gasteiger partial charge in [-0.15, -0.1) is 0 Å². The molecule has 0 unspecified atom stereocenters. The van der Waals surface area contributed by atoms with Crippen LogP contribution in [0.2, 0.25) is 5.82 Å². The monoisotopic (exact) mass is 640 g/mol. The number of carbonyl (C=O) groups excluding carboxylic acids is 4. The molecule has 2 aliphatic rings. The van der Waals surface area contributed by atoms with Crippen LogP contribution in [-0.2, 0) is 23.7 Å². The number of aliphatic hydroxyl groups is 1. The van der Waals surface area contributed by atoms with E-state index in [2.05, 4.69) is 10.3 Å². The van der Waals surface area contributed by atoms with Crippen molar-refractivity contribution in [2.75, 3.05) is 27.2 Å². The Labute approximate surface area is 275 Å². The molecule has 2 bridgehead atoms. The topological polar surface area (TPSA) is 138 Å². The molecule has 2 fully saturated rings. The molecule has 12 heteroatoms. The highest BCUT2D eigenvalue weighted by atomic mass is 16.6. The number of nitrogens with zero attached hydrogens (tertiary/aromatic N) is 3. The lowest BCUT2D eigenvalue weighted by molar-refractivity contribution is -0.159. The molecule has 47 heavy (non-hydrogen) atoms. The summed E-state index contributed by atoms with van der Waals surface area (Å²) in [4.78, 5) is 62.5. The zero-order chi connectivity index (χ0) is 33.7. The van der Waals surface area contributed by atoms with E-state index >= 15 is 0 Å². The maximum absolute atomic E-state index is 14.2. The first-order valence-corrected chi connectivity index (χ1v) is 15.9. The summed E-state index contributed by atoms with van der Waals surface area (Å²) in [5.41, 5.74) is 1.91. The van der Waals surface area contributed by atoms with Crippen LogP contribution in [0, 0.1) is 5.92 Å². The number of aromatic nitrogens is 1. The largest absolute Gasteiger partial charge is 0.602 e. The van der Waals surface area contributed by atoms with Gasteiger partial charge in [0.2, 0.25) is 0 Å². The van der Waals surface area contributed by atoms with Crippen molar-refractivity contribution < 1.29 is 33.6 Å². The van der Waals surface area contributed by atoms with Crippen molar-refractivity contribution in [1.29, 1.82) is 0 Å². The number of likely N-dealkylation sites (N-methyl/N-ethyl adjacent to an activating group) is 2. The fraction of sp³-hybridized carbons (Fsp3) is 0.400. The average molecular weight is 641 g/mol. The molecule has 0 saturated carbocycles. The van der Waals surface area contributed by atoms with Gasteiger partial charge in [-0.25, -0.2) is 4.98 Å². The molecule has 3 heterocycles. The lowest BCUT2D eigenvalue weighted by Gasteiger charge is -2.43. The van der Waals surface area contributed by atoms with E-state index in [1.165, 1.54) is 0 Å². The standard InChI is InChI=1S/C35H41BN4O7/c1-22(2)18-25(36-46-34(44)28-20-39(3)21-29(40(28)4)35(45)47-36)19-30(41)31(32(42)24-14-9-6-10-15-24)38-33(43)27-17-11-16-26(37-27)23-12-7-5-8-13-23/h5-17,22,25,28-29,31-32,42H,18-21H2,1-4H3,(H,38,43)/t25-,28-,29-,31-,32-/m1/s1. The molecule has 2 saturated heterocycles. The van der Waals surface area contributed by atoms with Crippen LogP contribution in [0.3, 0.4) is 0 Å². The van der Waals surface area contributed by atoms with Gasteiger partial charge in [0, 0.05) is 30.9 Å². The lowest BCUT2D eigenvalue weighted by Crippen LogP contribution is -2.64. The van der Waals surface area contributed by atoms with E-state index in [1.807, 2.05) is 56.1 Å². The minimum absolute atomic E-state index is 0.0426. The van der Waals surface area contributed by atoms with Crippen LogP contribution in [0.15, 0.2) is 78.9 Å². The van der Waals surface area contributed by atoms with E-state index in [-0.39, 0.29) is 18.0 Å². The summed E-state index contributed by atoms with van der Waals surface area (Å²) < 4.78 is 11.6. The Kier molecular flexibility index (Phi) is 10.9. The minimum Gasteiger partial charge on any atom is -0.498 e. The SMILES string of the molecule is CC(C)C[C@H](CC(=O)[C@@H](NC(=O)c1cccc(-c2ccccc2)n1)[C@H](O)c1ccccc1)B1OC(=O)[C@H]2CN(C)C[C@H](C(=O)O1)N2C. The highest BCUT2D eigenvalue weighted by Crippen LogP contribution is 2.32. The van der Waals surface area contributed by atoms with Crippen LogP contribution >= 0.6 is 0 Å². The van der Waals surface area contributed by atoms with Gasteiger partial charge in [-0.2, -0.15) is 0 Å². The molecule has 1 amide bonds. The van der Waals surface area contributed by atoms with Gasteiger partial charge < -0.3 is 24.6 Å². The van der Waals surface area contributed by atoms with Crippen LogP contribution in [-0.4, -0.2) is 95.9 Å². The van der Waals surface area contributed by atoms with E-state index in [1.54, 1.807) is 60.5 Å². The number of rotatable bonds is 11. The van der Waals surface area contributed by atoms with E-state index in [0.29, 0.717) is 30.8 Å². The number of piperazine rings is 1. The van der Waals surface area contributed by atoms with Crippen molar-refractivity contribution in [2.24, 2.45) is 5.92 Å². The number of Topliss-reactive ketones (excluding diaryl/α,β-unsaturated/α-hetero) is 1. The predicted molar refractivity (Wildman–Crippen MR) is 176 cm³/mol. The van der Waals surface area contributed by atoms with Gasteiger partial charge in [-0.1, -0.05) is 80.6 Å². The molecule has 11 nitrogen and oxygen atoms in total. The van der Waals surface area contributed by atoms with E-state index in [9.17, 15) is 24.3 Å². The summed E-state index contributed by atoms with van der Waals surface area (Å²) in [6.07, 6.45) is -1.25. The van der Waals surface area contributed by atoms with E-state index in [0.717, 1.165) is 5.56 Å². The summed E-state index contributed by atoms with van der Waals surface area (Å²) >= 11 is 0. The minimum atomic E-state index is -1.39. The van der Waals surface area contributed by atoms with Crippen molar-refractivity contribution in [2.45, 2.75) is 56.7 Å². The molecule has 5 atom stereocenters. The second kappa shape index (κ2) is 15.0. The zero-order valence-corrected chi connectivity index (χ0v) is 27.1. The molecule has 0 aliphatic carbocycles. The fourth-order valence-corrected chi connectivity index (χ4v) is 6.23. The molecule has 2 aromatic carbocycles. The molecule has 0 spiro atoms. The number of ketones is 1. The molecular formula is C35H41BN4O7. The summed E-state index contributed by atoms with van der Waals surface area (Å²) in [5.74, 6) is -2.91. The zero-order valence-electron chi connectivity index (χ0n) is 27.1. The van der Waals surface area contributed by atoms with E-state index in [4.69, 9.17) is 9.31 Å². The normalized spacial score (nSPS) is 20.8. The molecule has 246 valence electrons. The smallest absolute Gasteiger partial charge is 0.498 e. The van der Waals surface area contributed by atoms with Crippen LogP contribution in [0.1, 0.15) is 48.8 Å². The number of hydrogen-bond acceptors (Lipinski definition) is 10. The second-order valence-electron chi connectivity index (χ2n) is 12.8. The van der Waals surface area contributed by atoms with Gasteiger partial charge in [0.15, 0.2) is 5.78 Å². The van der Waals surface area contributed by atoms with Gasteiger partial charge >= 0.3 is 19.1 Å². The fourth-order valence-electron chi connectivity index (χ4n) is 6.23. The Balaban J connectivity index is 1.41. The van der Waals surface area contributed by atoms with E-state index < -0.39 is 60.8 Å². The third-order valence-corrected chi connectivity index (χ3v) is 8.73. The average Bonchev–Trinajstić information content (AvgIpc) is 3.07. The third-order valence-electron chi connectivity index (χ3n) is 8.73. The second-order valence-corrected chi connectivity index (χ2v) is 12.8. The number of benzene rings is 2. The molecule has 1 aromatic heterocycles. The van der Waals surface area contributed by atoms with Crippen LogP contribution in [0.25, 0.3) is 11.3 Å². The molecule has 2 aliphatic heterocycles. The number of pyridine rings is 1. The predicted octanol–water partition coefficient (Wildman–Crippen LogP) is 3.16. The highest BCUT2D eigenvalue weighted by molar-refractivity contribution is 6.51. The molecule has 5 rings (SSSR count). The Morgan fingerprint density at radius 1 is 0.915 bits per heavy atom. The molecule has 3 aromatic rings. The van der Waals surface area contributed by atoms with Gasteiger partial charge in [0.25, 0.3) is 5.91 Å². The Morgan fingerprint density at radius 3 is 2.11 bits per heavy atom. The van der Waals surface area contributed by atoms with Crippen molar-refractivity contribution in [1.82, 2.24) is 20.1 Å². The number of nitrogens with one attached hydrogen (secondary N) is 1. The number of hydrogen-bond donors (Lipinski definition) is 2. The van der Waals surface area contributed by atoms with Crippen molar-refractivity contribution in [3.63, 3.8) is 0 Å². The van der Waals surface area contributed by atoms with Crippen molar-refractivity contribution >= 4 is 30.7 Å². The lowest BCUT2D eigenvalue weighted by atomic mass is 9.64. The highest BCUT2D eigenvalue weighted by Gasteiger charge is 2.49. The quantitative estimate of drug-likeness (QED) is 0.301. The summed E-state index contributed by atoms with van der Waals surface area (Å²) in [6, 6.07) is 20.3. The van der Waals surface area contributed by atoms with Gasteiger partial charge in [0.1, 0.15) is 29.9 Å². The molecular weight excluding hydrogens is 599 g/mol. The number of aliphatic hydroxyl groups excluding tert-OH is 1. The van der Waals surface area contributed by atoms with Crippen molar-refractivity contribution in [3.05, 3.63) is 90.1 Å². The first-order valence-electron chi connectivity index (χ1n) is 15.9. The number of amides is 1. The summed E-state index contributed by atoms with van der Waals surface area (Å²) in [7, 11) is 2.22. The summed E-state index contributed by atoms with van der Waals surface area (Å²) in [6.45, 7) is 4.67. The van der Waals surface area contributed by atoms with Crippen LogP contribution in [0.4, 0.5) is 0 Å². The Hall–Kier alpha value is -4.39. The first-order chi connectivity index (χ1) is 22.5. The Bertz CT molecular complexity index is 1550. The van der Waals surface area contributed by atoms with Crippen molar-refractivity contribution in [3.8, 4) is 11.3 Å². The van der Waals surface area contributed by atoms with Gasteiger partial charge in [-0.3, -0.25) is 24.1 Å². The van der Waals surface area contributed by atoms with Gasteiger partial charge in [-0.05, 0) is 44.1 Å². The third kappa shape index (κ3) is 8.13. The first kappa shape index (κ1) is 34.0. The maximum Gasteiger partial charge on any atom is 0.602 e. The molecule has 2 N–H and O–H groups in total. The number of carbonyl (C=O) groups is 4. The number of fused-ring (bicyclic) bond motifs is 2. The maximum atomic E-state index is 14.2. The van der Waals surface area contributed by atoms with Gasteiger partial charge in [0.05, 0.1) is 5.69 Å².